The third kappa shape index (κ3) is 2.44. The lowest BCUT2D eigenvalue weighted by Crippen LogP contribution is -2.04. The molecule has 0 saturated carbocycles. The molecule has 4 nitrogen and oxygen atoms in total. The lowest BCUT2D eigenvalue weighted by molar-refractivity contribution is 0.0690. The van der Waals surface area contributed by atoms with Gasteiger partial charge in [-0.25, -0.2) is 19.2 Å². The minimum atomic E-state index is -1.11. The molecular weight excluding hydrogens is 223 g/mol. The fraction of sp³-hybridized carbons (Fsp3) is 0.0833. The molecule has 0 spiro atoms. The van der Waals surface area contributed by atoms with Crippen molar-refractivity contribution in [3.63, 3.8) is 0 Å². The van der Waals surface area contributed by atoms with Crippen LogP contribution in [0.1, 0.15) is 16.3 Å². The van der Waals surface area contributed by atoms with Crippen LogP contribution in [0.15, 0.2) is 30.3 Å². The molecule has 0 aliphatic rings. The van der Waals surface area contributed by atoms with E-state index >= 15 is 0 Å². The van der Waals surface area contributed by atoms with E-state index in [9.17, 15) is 9.18 Å². The smallest absolute Gasteiger partial charge is 0.354 e. The number of aryl methyl sites for hydroxylation is 1. The summed E-state index contributed by atoms with van der Waals surface area (Å²) in [5, 5.41) is 8.87. The first-order chi connectivity index (χ1) is 8.06. The van der Waals surface area contributed by atoms with Crippen molar-refractivity contribution in [3.05, 3.63) is 47.7 Å². The highest BCUT2D eigenvalue weighted by atomic mass is 19.1. The minimum absolute atomic E-state index is 0.0724. The summed E-state index contributed by atoms with van der Waals surface area (Å²) in [6.45, 7) is 1.61. The molecule has 5 heteroatoms. The van der Waals surface area contributed by atoms with E-state index in [2.05, 4.69) is 9.97 Å². The molecule has 86 valence electrons. The zero-order valence-corrected chi connectivity index (χ0v) is 9.01. The topological polar surface area (TPSA) is 63.1 Å². The number of benzene rings is 1. The number of carboxylic acids is 1. The van der Waals surface area contributed by atoms with Crippen LogP contribution in [0, 0.1) is 12.7 Å². The number of aromatic carboxylic acids is 1. The first-order valence-electron chi connectivity index (χ1n) is 4.91. The summed E-state index contributed by atoms with van der Waals surface area (Å²) in [6, 6.07) is 7.05. The number of hydrogen-bond acceptors (Lipinski definition) is 3. The molecule has 0 amide bonds. The van der Waals surface area contributed by atoms with E-state index in [1.807, 2.05) is 0 Å². The number of carbonyl (C=O) groups is 1. The van der Waals surface area contributed by atoms with E-state index in [0.717, 1.165) is 0 Å². The normalized spacial score (nSPS) is 10.2. The van der Waals surface area contributed by atoms with E-state index < -0.39 is 5.97 Å². The minimum Gasteiger partial charge on any atom is -0.477 e. The van der Waals surface area contributed by atoms with Crippen LogP contribution in [-0.2, 0) is 0 Å². The van der Waals surface area contributed by atoms with Crippen LogP contribution in [0.25, 0.3) is 11.3 Å². The molecule has 0 aliphatic carbocycles. The Morgan fingerprint density at radius 3 is 2.47 bits per heavy atom. The monoisotopic (exact) mass is 232 g/mol. The Hall–Kier alpha value is -2.30. The fourth-order valence-corrected chi connectivity index (χ4v) is 1.45. The number of halogens is 1. The van der Waals surface area contributed by atoms with Gasteiger partial charge in [-0.15, -0.1) is 0 Å². The van der Waals surface area contributed by atoms with Crippen LogP contribution in [0.5, 0.6) is 0 Å². The van der Waals surface area contributed by atoms with Crippen molar-refractivity contribution >= 4 is 5.97 Å². The van der Waals surface area contributed by atoms with E-state index in [-0.39, 0.29) is 11.5 Å². The van der Waals surface area contributed by atoms with E-state index in [1.54, 1.807) is 19.1 Å². The van der Waals surface area contributed by atoms with Gasteiger partial charge in [0.2, 0.25) is 0 Å². The van der Waals surface area contributed by atoms with Gasteiger partial charge in [0.1, 0.15) is 11.6 Å². The molecule has 0 radical (unpaired) electrons. The molecule has 17 heavy (non-hydrogen) atoms. The number of hydrogen-bond donors (Lipinski definition) is 1. The van der Waals surface area contributed by atoms with Crippen molar-refractivity contribution in [2.24, 2.45) is 0 Å². The summed E-state index contributed by atoms with van der Waals surface area (Å²) < 4.78 is 12.8. The van der Waals surface area contributed by atoms with Gasteiger partial charge >= 0.3 is 5.97 Å². The first kappa shape index (κ1) is 11.2. The second-order valence-corrected chi connectivity index (χ2v) is 3.50. The highest BCUT2D eigenvalue weighted by molar-refractivity contribution is 5.86. The maximum absolute atomic E-state index is 12.8. The summed E-state index contributed by atoms with van der Waals surface area (Å²) in [6.07, 6.45) is 0. The largest absolute Gasteiger partial charge is 0.477 e. The van der Waals surface area contributed by atoms with Gasteiger partial charge in [-0.05, 0) is 37.3 Å². The van der Waals surface area contributed by atoms with Gasteiger partial charge in [-0.1, -0.05) is 0 Å². The summed E-state index contributed by atoms with van der Waals surface area (Å²) in [4.78, 5) is 18.8. The maximum Gasteiger partial charge on any atom is 0.354 e. The second kappa shape index (κ2) is 4.29. The average molecular weight is 232 g/mol. The van der Waals surface area contributed by atoms with Gasteiger partial charge in [0.05, 0.1) is 5.69 Å². The fourth-order valence-electron chi connectivity index (χ4n) is 1.45. The van der Waals surface area contributed by atoms with Crippen LogP contribution in [-0.4, -0.2) is 21.0 Å². The number of aromatic nitrogens is 2. The van der Waals surface area contributed by atoms with Crippen molar-refractivity contribution in [2.45, 2.75) is 6.92 Å². The van der Waals surface area contributed by atoms with Crippen LogP contribution >= 0.6 is 0 Å². The summed E-state index contributed by atoms with van der Waals surface area (Å²) in [5.41, 5.74) is 1.05. The molecular formula is C12H9FN2O2. The van der Waals surface area contributed by atoms with E-state index in [0.29, 0.717) is 17.1 Å². The van der Waals surface area contributed by atoms with E-state index in [1.165, 1.54) is 18.2 Å². The SMILES string of the molecule is Cc1nc(C(=O)O)cc(-c2ccc(F)cc2)n1. The highest BCUT2D eigenvalue weighted by Crippen LogP contribution is 2.18. The van der Waals surface area contributed by atoms with Gasteiger partial charge in [-0.2, -0.15) is 0 Å². The summed E-state index contributed by atoms with van der Waals surface area (Å²) >= 11 is 0. The van der Waals surface area contributed by atoms with Crippen LogP contribution < -0.4 is 0 Å². The number of rotatable bonds is 2. The maximum atomic E-state index is 12.8. The first-order valence-corrected chi connectivity index (χ1v) is 4.91. The molecule has 1 aromatic heterocycles. The Balaban J connectivity index is 2.51. The van der Waals surface area contributed by atoms with E-state index in [4.69, 9.17) is 5.11 Å². The molecule has 2 rings (SSSR count). The molecule has 0 saturated heterocycles. The molecule has 0 bridgehead atoms. The quantitative estimate of drug-likeness (QED) is 0.862. The summed E-state index contributed by atoms with van der Waals surface area (Å²) in [7, 11) is 0. The zero-order chi connectivity index (χ0) is 12.4. The Kier molecular flexibility index (Phi) is 2.82. The molecule has 0 aliphatic heterocycles. The second-order valence-electron chi connectivity index (χ2n) is 3.50. The Labute approximate surface area is 96.8 Å². The van der Waals surface area contributed by atoms with Crippen molar-refractivity contribution in [1.82, 2.24) is 9.97 Å². The highest BCUT2D eigenvalue weighted by Gasteiger charge is 2.09. The molecule has 1 N–H and O–H groups in total. The van der Waals surface area contributed by atoms with Crippen LogP contribution in [0.3, 0.4) is 0 Å². The molecule has 1 heterocycles. The van der Waals surface area contributed by atoms with Crippen molar-refractivity contribution in [1.29, 1.82) is 0 Å². The van der Waals surface area contributed by atoms with Gasteiger partial charge in [-0.3, -0.25) is 0 Å². The Morgan fingerprint density at radius 1 is 1.24 bits per heavy atom. The van der Waals surface area contributed by atoms with Crippen molar-refractivity contribution in [3.8, 4) is 11.3 Å². The Bertz CT molecular complexity index is 567. The van der Waals surface area contributed by atoms with Crippen molar-refractivity contribution < 1.29 is 14.3 Å². The lowest BCUT2D eigenvalue weighted by Gasteiger charge is -2.03. The third-order valence-electron chi connectivity index (χ3n) is 2.20. The Morgan fingerprint density at radius 2 is 1.88 bits per heavy atom. The molecule has 0 fully saturated rings. The predicted octanol–water partition coefficient (Wildman–Crippen LogP) is 2.29. The van der Waals surface area contributed by atoms with Crippen LogP contribution in [0.4, 0.5) is 4.39 Å². The number of carboxylic acid groups (broad SMARTS) is 1. The lowest BCUT2D eigenvalue weighted by atomic mass is 10.1. The van der Waals surface area contributed by atoms with Gasteiger partial charge in [0, 0.05) is 5.56 Å². The standard InChI is InChI=1S/C12H9FN2O2/c1-7-14-10(6-11(15-7)12(16)17)8-2-4-9(13)5-3-8/h2-6H,1H3,(H,16,17). The predicted molar refractivity (Wildman–Crippen MR) is 59.1 cm³/mol. The molecule has 1 aromatic carbocycles. The molecule has 0 unspecified atom stereocenters. The van der Waals surface area contributed by atoms with Gasteiger partial charge in [0.15, 0.2) is 5.69 Å². The third-order valence-corrected chi connectivity index (χ3v) is 2.20. The molecule has 0 atom stereocenters. The number of nitrogens with zero attached hydrogens (tertiary/aromatic N) is 2. The summed E-state index contributed by atoms with van der Waals surface area (Å²) in [5.74, 6) is -1.10. The molecule has 2 aromatic rings. The zero-order valence-electron chi connectivity index (χ0n) is 9.01. The van der Waals surface area contributed by atoms with Crippen LogP contribution in [0.2, 0.25) is 0 Å². The van der Waals surface area contributed by atoms with Crippen molar-refractivity contribution in [2.75, 3.05) is 0 Å². The van der Waals surface area contributed by atoms with Gasteiger partial charge < -0.3 is 5.11 Å². The average Bonchev–Trinajstić information content (AvgIpc) is 2.29. The van der Waals surface area contributed by atoms with Gasteiger partial charge in [0.25, 0.3) is 0 Å².